The third-order valence-corrected chi connectivity index (χ3v) is 3.13. The highest BCUT2D eigenvalue weighted by molar-refractivity contribution is 5.68. The summed E-state index contributed by atoms with van der Waals surface area (Å²) in [4.78, 5) is 35.3. The van der Waals surface area contributed by atoms with Gasteiger partial charge in [0.15, 0.2) is 0 Å². The van der Waals surface area contributed by atoms with Gasteiger partial charge in [0.05, 0.1) is 13.7 Å². The van der Waals surface area contributed by atoms with E-state index in [0.29, 0.717) is 0 Å². The Labute approximate surface area is 121 Å². The van der Waals surface area contributed by atoms with E-state index in [9.17, 15) is 14.4 Å². The molecule has 21 heavy (non-hydrogen) atoms. The van der Waals surface area contributed by atoms with Crippen LogP contribution in [0.25, 0.3) is 0 Å². The monoisotopic (exact) mass is 288 g/mol. The van der Waals surface area contributed by atoms with Crippen molar-refractivity contribution < 1.29 is 9.53 Å². The van der Waals surface area contributed by atoms with Crippen LogP contribution in [0.3, 0.4) is 0 Å². The fourth-order valence-electron chi connectivity index (χ4n) is 1.90. The quantitative estimate of drug-likeness (QED) is 0.770. The lowest BCUT2D eigenvalue weighted by atomic mass is 10.1. The van der Waals surface area contributed by atoms with Crippen molar-refractivity contribution in [3.05, 3.63) is 68.5 Å². The summed E-state index contributed by atoms with van der Waals surface area (Å²) in [6, 6.07) is 8.81. The molecular weight excluding hydrogens is 272 g/mol. The highest BCUT2D eigenvalue weighted by atomic mass is 16.5. The number of esters is 1. The van der Waals surface area contributed by atoms with E-state index < -0.39 is 17.2 Å². The second-order valence-electron chi connectivity index (χ2n) is 4.71. The van der Waals surface area contributed by atoms with Gasteiger partial charge in [-0.2, -0.15) is 0 Å². The summed E-state index contributed by atoms with van der Waals surface area (Å²) in [6.45, 7) is 1.91. The van der Waals surface area contributed by atoms with Crippen molar-refractivity contribution in [1.29, 1.82) is 0 Å². The van der Waals surface area contributed by atoms with E-state index in [1.165, 1.54) is 19.4 Å². The molecule has 0 amide bonds. The zero-order valence-electron chi connectivity index (χ0n) is 11.9. The van der Waals surface area contributed by atoms with Gasteiger partial charge in [0, 0.05) is 12.3 Å². The van der Waals surface area contributed by atoms with Crippen molar-refractivity contribution in [2.75, 3.05) is 7.11 Å². The van der Waals surface area contributed by atoms with Gasteiger partial charge in [0.25, 0.3) is 5.56 Å². The van der Waals surface area contributed by atoms with E-state index in [4.69, 9.17) is 0 Å². The van der Waals surface area contributed by atoms with Crippen LogP contribution in [0.2, 0.25) is 0 Å². The Morgan fingerprint density at radius 1 is 1.14 bits per heavy atom. The number of aromatic nitrogens is 2. The lowest BCUT2D eigenvalue weighted by Crippen LogP contribution is -2.40. The number of hydrogen-bond donors (Lipinski definition) is 0. The number of nitrogens with zero attached hydrogens (tertiary/aromatic N) is 2. The van der Waals surface area contributed by atoms with Crippen molar-refractivity contribution in [3.8, 4) is 0 Å². The van der Waals surface area contributed by atoms with Gasteiger partial charge in [-0.1, -0.05) is 29.8 Å². The maximum Gasteiger partial charge on any atom is 0.331 e. The lowest BCUT2D eigenvalue weighted by Gasteiger charge is -2.09. The van der Waals surface area contributed by atoms with Crippen molar-refractivity contribution >= 4 is 5.97 Å². The minimum Gasteiger partial charge on any atom is -0.468 e. The molecule has 0 radical (unpaired) electrons. The van der Waals surface area contributed by atoms with Gasteiger partial charge in [-0.3, -0.25) is 18.7 Å². The average Bonchev–Trinajstić information content (AvgIpc) is 2.48. The fraction of sp³-hybridized carbons (Fsp3) is 0.267. The molecule has 0 saturated heterocycles. The van der Waals surface area contributed by atoms with Crippen LogP contribution >= 0.6 is 0 Å². The molecule has 1 aromatic heterocycles. The van der Waals surface area contributed by atoms with Crippen molar-refractivity contribution in [3.63, 3.8) is 0 Å². The van der Waals surface area contributed by atoms with Crippen molar-refractivity contribution in [2.24, 2.45) is 0 Å². The Balaban J connectivity index is 2.36. The second-order valence-corrected chi connectivity index (χ2v) is 4.71. The van der Waals surface area contributed by atoms with Gasteiger partial charge >= 0.3 is 11.7 Å². The molecule has 6 heteroatoms. The van der Waals surface area contributed by atoms with Crippen LogP contribution in [-0.4, -0.2) is 22.2 Å². The number of ether oxygens (including phenoxy) is 1. The molecule has 2 aromatic rings. The summed E-state index contributed by atoms with van der Waals surface area (Å²) in [5.41, 5.74) is 1.01. The van der Waals surface area contributed by atoms with E-state index in [2.05, 4.69) is 4.74 Å². The van der Waals surface area contributed by atoms with Crippen LogP contribution in [0.15, 0.2) is 46.1 Å². The molecule has 0 atom stereocenters. The molecule has 0 aliphatic carbocycles. The Bertz CT molecular complexity index is 756. The zero-order valence-corrected chi connectivity index (χ0v) is 11.9. The highest BCUT2D eigenvalue weighted by Crippen LogP contribution is 2.03. The molecule has 1 aromatic carbocycles. The lowest BCUT2D eigenvalue weighted by molar-refractivity contribution is -0.141. The predicted molar refractivity (Wildman–Crippen MR) is 77.3 cm³/mol. The number of benzene rings is 1. The molecule has 0 fully saturated rings. The Morgan fingerprint density at radius 2 is 1.81 bits per heavy atom. The summed E-state index contributed by atoms with van der Waals surface area (Å²) in [6.07, 6.45) is 1.30. The smallest absolute Gasteiger partial charge is 0.331 e. The van der Waals surface area contributed by atoms with Gasteiger partial charge in [-0.25, -0.2) is 4.79 Å². The largest absolute Gasteiger partial charge is 0.468 e. The topological polar surface area (TPSA) is 70.3 Å². The maximum atomic E-state index is 12.2. The first-order chi connectivity index (χ1) is 10.0. The van der Waals surface area contributed by atoms with Crippen molar-refractivity contribution in [1.82, 2.24) is 9.13 Å². The summed E-state index contributed by atoms with van der Waals surface area (Å²) in [7, 11) is 1.25. The Kier molecular flexibility index (Phi) is 4.37. The molecule has 2 rings (SSSR count). The van der Waals surface area contributed by atoms with Gasteiger partial charge in [0.2, 0.25) is 0 Å². The molecule has 110 valence electrons. The SMILES string of the molecule is COC(=O)Cn1ccc(=O)n(Cc2ccc(C)cc2)c1=O. The maximum absolute atomic E-state index is 12.2. The summed E-state index contributed by atoms with van der Waals surface area (Å²) in [5, 5.41) is 0. The highest BCUT2D eigenvalue weighted by Gasteiger charge is 2.09. The molecule has 0 saturated carbocycles. The van der Waals surface area contributed by atoms with Gasteiger partial charge in [-0.05, 0) is 12.5 Å². The van der Waals surface area contributed by atoms with Crippen LogP contribution in [0, 0.1) is 6.92 Å². The van der Waals surface area contributed by atoms with Crippen LogP contribution in [0.1, 0.15) is 11.1 Å². The first kappa shape index (κ1) is 14.8. The molecule has 0 bridgehead atoms. The predicted octanol–water partition coefficient (Wildman–Crippen LogP) is 0.540. The van der Waals surface area contributed by atoms with Gasteiger partial charge in [-0.15, -0.1) is 0 Å². The van der Waals surface area contributed by atoms with Crippen LogP contribution in [-0.2, 0) is 22.6 Å². The van der Waals surface area contributed by atoms with Crippen LogP contribution < -0.4 is 11.2 Å². The standard InChI is InChI=1S/C15H16N2O4/c1-11-3-5-12(6-4-11)9-17-13(18)7-8-16(15(17)20)10-14(19)21-2/h3-8H,9-10H2,1-2H3. The number of hydrogen-bond acceptors (Lipinski definition) is 4. The third-order valence-electron chi connectivity index (χ3n) is 3.13. The molecule has 0 N–H and O–H groups in total. The molecule has 0 spiro atoms. The summed E-state index contributed by atoms with van der Waals surface area (Å²) >= 11 is 0. The second kappa shape index (κ2) is 6.21. The summed E-state index contributed by atoms with van der Waals surface area (Å²) in [5.74, 6) is -0.544. The van der Waals surface area contributed by atoms with Crippen LogP contribution in [0.5, 0.6) is 0 Å². The zero-order chi connectivity index (χ0) is 15.4. The normalized spacial score (nSPS) is 10.4. The molecular formula is C15H16N2O4. The van der Waals surface area contributed by atoms with Crippen LogP contribution in [0.4, 0.5) is 0 Å². The third kappa shape index (κ3) is 3.47. The number of methoxy groups -OCH3 is 1. The van der Waals surface area contributed by atoms with E-state index in [1.54, 1.807) is 0 Å². The first-order valence-electron chi connectivity index (χ1n) is 6.44. The minimum absolute atomic E-state index is 0.167. The Hall–Kier alpha value is -2.63. The first-order valence-corrected chi connectivity index (χ1v) is 6.44. The van der Waals surface area contributed by atoms with Crippen molar-refractivity contribution in [2.45, 2.75) is 20.0 Å². The summed E-state index contributed by atoms with van der Waals surface area (Å²) < 4.78 is 6.77. The van der Waals surface area contributed by atoms with E-state index in [-0.39, 0.29) is 13.1 Å². The average molecular weight is 288 g/mol. The van der Waals surface area contributed by atoms with Gasteiger partial charge < -0.3 is 4.74 Å². The Morgan fingerprint density at radius 3 is 2.43 bits per heavy atom. The van der Waals surface area contributed by atoms with E-state index in [1.807, 2.05) is 31.2 Å². The number of rotatable bonds is 4. The van der Waals surface area contributed by atoms with E-state index in [0.717, 1.165) is 20.3 Å². The molecule has 0 aliphatic rings. The van der Waals surface area contributed by atoms with E-state index >= 15 is 0 Å². The number of carbonyl (C=O) groups is 1. The molecule has 1 heterocycles. The number of aryl methyl sites for hydroxylation is 1. The van der Waals surface area contributed by atoms with Gasteiger partial charge in [0.1, 0.15) is 6.54 Å². The molecule has 0 aliphatic heterocycles. The fourth-order valence-corrected chi connectivity index (χ4v) is 1.90. The minimum atomic E-state index is -0.544. The number of carbonyl (C=O) groups excluding carboxylic acids is 1. The molecule has 6 nitrogen and oxygen atoms in total. The molecule has 0 unspecified atom stereocenters.